The van der Waals surface area contributed by atoms with Crippen LogP contribution in [0.15, 0.2) is 24.3 Å². The van der Waals surface area contributed by atoms with Gasteiger partial charge in [-0.2, -0.15) is 0 Å². The van der Waals surface area contributed by atoms with Crippen LogP contribution >= 0.6 is 0 Å². The van der Waals surface area contributed by atoms with E-state index in [-0.39, 0.29) is 11.8 Å². The number of urea groups is 1. The van der Waals surface area contributed by atoms with Crippen molar-refractivity contribution < 1.29 is 9.18 Å². The van der Waals surface area contributed by atoms with Gasteiger partial charge in [-0.1, -0.05) is 13.0 Å². The third-order valence-corrected chi connectivity index (χ3v) is 3.72. The van der Waals surface area contributed by atoms with Crippen LogP contribution in [0.1, 0.15) is 26.7 Å². The highest BCUT2D eigenvalue weighted by atomic mass is 19.1. The van der Waals surface area contributed by atoms with Crippen molar-refractivity contribution in [2.75, 3.05) is 24.5 Å². The molecule has 1 saturated heterocycles. The lowest BCUT2D eigenvalue weighted by atomic mass is 9.99. The summed E-state index contributed by atoms with van der Waals surface area (Å²) in [5.74, 6) is 0.379. The molecule has 0 radical (unpaired) electrons. The van der Waals surface area contributed by atoms with Gasteiger partial charge in [0.2, 0.25) is 0 Å². The van der Waals surface area contributed by atoms with Gasteiger partial charge < -0.3 is 4.90 Å². The van der Waals surface area contributed by atoms with Crippen molar-refractivity contribution in [3.05, 3.63) is 30.1 Å². The molecule has 3 nitrogen and oxygen atoms in total. The number of benzene rings is 1. The van der Waals surface area contributed by atoms with E-state index in [1.165, 1.54) is 12.1 Å². The molecule has 0 unspecified atom stereocenters. The standard InChI is InChI=1S/C15H21FN2O/c1-3-18(14-6-4-5-13(16)11-14)15(19)17-9-7-12(2)8-10-17/h4-6,11-12H,3,7-10H2,1-2H3. The Morgan fingerprint density at radius 3 is 2.68 bits per heavy atom. The van der Waals surface area contributed by atoms with Gasteiger partial charge in [-0.05, 0) is 43.9 Å². The van der Waals surface area contributed by atoms with Crippen LogP contribution in [0.2, 0.25) is 0 Å². The maximum Gasteiger partial charge on any atom is 0.324 e. The highest BCUT2D eigenvalue weighted by Crippen LogP contribution is 2.21. The Morgan fingerprint density at radius 2 is 2.11 bits per heavy atom. The molecule has 1 aliphatic rings. The molecule has 104 valence electrons. The zero-order chi connectivity index (χ0) is 13.8. The maximum absolute atomic E-state index is 13.3. The number of hydrogen-bond donors (Lipinski definition) is 0. The molecule has 0 spiro atoms. The molecule has 4 heteroatoms. The molecule has 1 fully saturated rings. The summed E-state index contributed by atoms with van der Waals surface area (Å²) in [5, 5.41) is 0. The molecule has 1 aromatic carbocycles. The van der Waals surface area contributed by atoms with Gasteiger partial charge in [-0.3, -0.25) is 4.90 Å². The number of carbonyl (C=O) groups excluding carboxylic acids is 1. The summed E-state index contributed by atoms with van der Waals surface area (Å²) in [5.41, 5.74) is 0.631. The molecule has 1 aromatic rings. The van der Waals surface area contributed by atoms with Crippen molar-refractivity contribution in [2.45, 2.75) is 26.7 Å². The number of likely N-dealkylation sites (tertiary alicyclic amines) is 1. The van der Waals surface area contributed by atoms with Crippen molar-refractivity contribution in [3.63, 3.8) is 0 Å². The quantitative estimate of drug-likeness (QED) is 0.802. The zero-order valence-electron chi connectivity index (χ0n) is 11.6. The third-order valence-electron chi connectivity index (χ3n) is 3.72. The average molecular weight is 264 g/mol. The number of halogens is 1. The summed E-state index contributed by atoms with van der Waals surface area (Å²) in [6, 6.07) is 6.20. The lowest BCUT2D eigenvalue weighted by Crippen LogP contribution is -2.46. The fourth-order valence-corrected chi connectivity index (χ4v) is 2.44. The van der Waals surface area contributed by atoms with Gasteiger partial charge in [0.1, 0.15) is 5.82 Å². The number of carbonyl (C=O) groups is 1. The molecule has 0 bridgehead atoms. The molecule has 0 aromatic heterocycles. The monoisotopic (exact) mass is 264 g/mol. The van der Waals surface area contributed by atoms with Crippen LogP contribution in [0.3, 0.4) is 0 Å². The van der Waals surface area contributed by atoms with E-state index >= 15 is 0 Å². The lowest BCUT2D eigenvalue weighted by molar-refractivity contribution is 0.180. The predicted molar refractivity (Wildman–Crippen MR) is 74.8 cm³/mol. The molecule has 2 amide bonds. The molecular formula is C15H21FN2O. The van der Waals surface area contributed by atoms with Gasteiger partial charge in [-0.25, -0.2) is 9.18 Å². The second kappa shape index (κ2) is 6.04. The number of amides is 2. The van der Waals surface area contributed by atoms with Crippen molar-refractivity contribution in [1.82, 2.24) is 4.90 Å². The maximum atomic E-state index is 13.3. The summed E-state index contributed by atoms with van der Waals surface area (Å²) in [4.78, 5) is 16.0. The topological polar surface area (TPSA) is 23.6 Å². The second-order valence-electron chi connectivity index (χ2n) is 5.18. The summed E-state index contributed by atoms with van der Waals surface area (Å²) < 4.78 is 13.3. The fraction of sp³-hybridized carbons (Fsp3) is 0.533. The third kappa shape index (κ3) is 3.25. The van der Waals surface area contributed by atoms with Gasteiger partial charge in [0.25, 0.3) is 0 Å². The molecule has 1 heterocycles. The van der Waals surface area contributed by atoms with Gasteiger partial charge in [0, 0.05) is 25.3 Å². The highest BCUT2D eigenvalue weighted by molar-refractivity contribution is 5.92. The van der Waals surface area contributed by atoms with E-state index in [4.69, 9.17) is 0 Å². The molecular weight excluding hydrogens is 243 g/mol. The first-order chi connectivity index (χ1) is 9.11. The first-order valence-electron chi connectivity index (χ1n) is 6.93. The Kier molecular flexibility index (Phi) is 4.40. The minimum atomic E-state index is -0.309. The van der Waals surface area contributed by atoms with Crippen LogP contribution in [0, 0.1) is 11.7 Å². The predicted octanol–water partition coefficient (Wildman–Crippen LogP) is 3.50. The molecule has 19 heavy (non-hydrogen) atoms. The summed E-state index contributed by atoms with van der Waals surface area (Å²) >= 11 is 0. The number of hydrogen-bond acceptors (Lipinski definition) is 1. The second-order valence-corrected chi connectivity index (χ2v) is 5.18. The number of piperidine rings is 1. The van der Waals surface area contributed by atoms with Crippen molar-refractivity contribution in [1.29, 1.82) is 0 Å². The highest BCUT2D eigenvalue weighted by Gasteiger charge is 2.24. The van der Waals surface area contributed by atoms with Gasteiger partial charge >= 0.3 is 6.03 Å². The summed E-state index contributed by atoms with van der Waals surface area (Å²) in [7, 11) is 0. The smallest absolute Gasteiger partial charge is 0.324 e. The van der Waals surface area contributed by atoms with Crippen LogP contribution in [-0.2, 0) is 0 Å². The normalized spacial score (nSPS) is 16.5. The largest absolute Gasteiger partial charge is 0.324 e. The zero-order valence-corrected chi connectivity index (χ0v) is 11.6. The molecule has 0 atom stereocenters. The van der Waals surface area contributed by atoms with Gasteiger partial charge in [0.05, 0.1) is 0 Å². The first kappa shape index (κ1) is 13.8. The van der Waals surface area contributed by atoms with E-state index in [0.29, 0.717) is 18.2 Å². The molecule has 0 saturated carbocycles. The molecule has 0 N–H and O–H groups in total. The molecule has 0 aliphatic carbocycles. The molecule has 2 rings (SSSR count). The Hall–Kier alpha value is -1.58. The fourth-order valence-electron chi connectivity index (χ4n) is 2.44. The Bertz CT molecular complexity index is 442. The Morgan fingerprint density at radius 1 is 1.42 bits per heavy atom. The number of anilines is 1. The summed E-state index contributed by atoms with van der Waals surface area (Å²) in [6.07, 6.45) is 2.10. The van der Waals surface area contributed by atoms with Crippen LogP contribution in [0.5, 0.6) is 0 Å². The van der Waals surface area contributed by atoms with Crippen LogP contribution in [-0.4, -0.2) is 30.6 Å². The minimum absolute atomic E-state index is 0.0139. The van der Waals surface area contributed by atoms with Crippen molar-refractivity contribution in [3.8, 4) is 0 Å². The van der Waals surface area contributed by atoms with Gasteiger partial charge in [-0.15, -0.1) is 0 Å². The van der Waals surface area contributed by atoms with E-state index in [9.17, 15) is 9.18 Å². The van der Waals surface area contributed by atoms with Crippen molar-refractivity contribution in [2.24, 2.45) is 5.92 Å². The van der Waals surface area contributed by atoms with Gasteiger partial charge in [0.15, 0.2) is 0 Å². The Labute approximate surface area is 114 Å². The first-order valence-corrected chi connectivity index (χ1v) is 6.93. The Balaban J connectivity index is 2.11. The van der Waals surface area contributed by atoms with E-state index in [1.807, 2.05) is 11.8 Å². The average Bonchev–Trinajstić information content (AvgIpc) is 2.40. The van der Waals surface area contributed by atoms with E-state index in [2.05, 4.69) is 6.92 Å². The number of rotatable bonds is 2. The van der Waals surface area contributed by atoms with E-state index < -0.39 is 0 Å². The van der Waals surface area contributed by atoms with E-state index in [1.54, 1.807) is 17.0 Å². The number of nitrogens with zero attached hydrogens (tertiary/aromatic N) is 2. The van der Waals surface area contributed by atoms with Crippen molar-refractivity contribution >= 4 is 11.7 Å². The summed E-state index contributed by atoms with van der Waals surface area (Å²) in [6.45, 7) is 6.27. The van der Waals surface area contributed by atoms with Crippen LogP contribution < -0.4 is 4.90 Å². The molecule has 1 aliphatic heterocycles. The SMILES string of the molecule is CCN(C(=O)N1CCC(C)CC1)c1cccc(F)c1. The van der Waals surface area contributed by atoms with Crippen LogP contribution in [0.4, 0.5) is 14.9 Å². The van der Waals surface area contributed by atoms with E-state index in [0.717, 1.165) is 25.9 Å². The van der Waals surface area contributed by atoms with Crippen LogP contribution in [0.25, 0.3) is 0 Å². The minimum Gasteiger partial charge on any atom is -0.324 e. The lowest BCUT2D eigenvalue weighted by Gasteiger charge is -2.34.